The molecule has 1 aliphatic heterocycles. The Kier molecular flexibility index (Phi) is 2.84. The molecule has 5 heteroatoms. The van der Waals surface area contributed by atoms with Crippen LogP contribution in [0.5, 0.6) is 11.5 Å². The molecule has 1 aromatic carbocycles. The minimum atomic E-state index is -0.779. The molecule has 0 unspecified atom stereocenters. The minimum absolute atomic E-state index is 0.386. The maximum absolute atomic E-state index is 13.9. The van der Waals surface area contributed by atoms with Crippen molar-refractivity contribution < 1.29 is 13.9 Å². The van der Waals surface area contributed by atoms with Gasteiger partial charge in [0, 0.05) is 17.2 Å². The van der Waals surface area contributed by atoms with Crippen molar-refractivity contribution in [1.29, 1.82) is 0 Å². The third kappa shape index (κ3) is 1.89. The molecule has 2 N–H and O–H groups in total. The fraction of sp³-hybridized carbons (Fsp3) is 0.455. The maximum atomic E-state index is 13.9. The standard InChI is InChI=1S/C11H13BrFNO2/c1-11(2,14)8-6(13)5-7-10(9(8)12)16-4-3-15-7/h5H,3-4,14H2,1-2H3. The van der Waals surface area contributed by atoms with Crippen molar-refractivity contribution in [2.75, 3.05) is 13.2 Å². The summed E-state index contributed by atoms with van der Waals surface area (Å²) >= 11 is 3.33. The lowest BCUT2D eigenvalue weighted by Gasteiger charge is -2.26. The second kappa shape index (κ2) is 3.89. The summed E-state index contributed by atoms with van der Waals surface area (Å²) in [6.45, 7) is 4.38. The quantitative estimate of drug-likeness (QED) is 0.864. The number of nitrogens with two attached hydrogens (primary N) is 1. The molecule has 0 amide bonds. The predicted octanol–water partition coefficient (Wildman–Crippen LogP) is 2.55. The Bertz CT molecular complexity index is 429. The summed E-state index contributed by atoms with van der Waals surface area (Å²) in [5.74, 6) is 0.563. The van der Waals surface area contributed by atoms with E-state index in [0.29, 0.717) is 34.7 Å². The normalized spacial score (nSPS) is 15.1. The van der Waals surface area contributed by atoms with Crippen LogP contribution < -0.4 is 15.2 Å². The lowest BCUT2D eigenvalue weighted by atomic mass is 9.94. The van der Waals surface area contributed by atoms with Crippen LogP contribution in [0, 0.1) is 5.82 Å². The van der Waals surface area contributed by atoms with E-state index < -0.39 is 5.54 Å². The molecule has 0 saturated carbocycles. The van der Waals surface area contributed by atoms with Crippen molar-refractivity contribution in [3.63, 3.8) is 0 Å². The highest BCUT2D eigenvalue weighted by Crippen LogP contribution is 2.43. The van der Waals surface area contributed by atoms with E-state index in [1.807, 2.05) is 0 Å². The topological polar surface area (TPSA) is 44.5 Å². The first-order valence-corrected chi connectivity index (χ1v) is 5.77. The van der Waals surface area contributed by atoms with Crippen molar-refractivity contribution in [3.05, 3.63) is 21.9 Å². The zero-order chi connectivity index (χ0) is 11.9. The number of benzene rings is 1. The Morgan fingerprint density at radius 2 is 2.00 bits per heavy atom. The van der Waals surface area contributed by atoms with Crippen molar-refractivity contribution in [2.24, 2.45) is 5.73 Å². The lowest BCUT2D eigenvalue weighted by molar-refractivity contribution is 0.168. The van der Waals surface area contributed by atoms with Gasteiger partial charge in [-0.15, -0.1) is 0 Å². The third-order valence-electron chi connectivity index (χ3n) is 2.37. The van der Waals surface area contributed by atoms with Crippen molar-refractivity contribution >= 4 is 15.9 Å². The van der Waals surface area contributed by atoms with Crippen LogP contribution in [-0.2, 0) is 5.54 Å². The monoisotopic (exact) mass is 289 g/mol. The van der Waals surface area contributed by atoms with Gasteiger partial charge in [0.2, 0.25) is 0 Å². The van der Waals surface area contributed by atoms with Gasteiger partial charge in [-0.3, -0.25) is 0 Å². The highest BCUT2D eigenvalue weighted by atomic mass is 79.9. The summed E-state index contributed by atoms with van der Waals surface area (Å²) in [7, 11) is 0. The Hall–Kier alpha value is -0.810. The number of halogens is 2. The van der Waals surface area contributed by atoms with Crippen LogP contribution >= 0.6 is 15.9 Å². The van der Waals surface area contributed by atoms with Crippen LogP contribution in [0.1, 0.15) is 19.4 Å². The number of hydrogen-bond donors (Lipinski definition) is 1. The average molecular weight is 290 g/mol. The van der Waals surface area contributed by atoms with E-state index in [1.54, 1.807) is 13.8 Å². The zero-order valence-electron chi connectivity index (χ0n) is 9.14. The molecule has 1 aliphatic rings. The molecular formula is C11H13BrFNO2. The van der Waals surface area contributed by atoms with Crippen LogP contribution in [0.25, 0.3) is 0 Å². The van der Waals surface area contributed by atoms with Crippen LogP contribution in [-0.4, -0.2) is 13.2 Å². The van der Waals surface area contributed by atoms with Crippen LogP contribution in [0.2, 0.25) is 0 Å². The third-order valence-corrected chi connectivity index (χ3v) is 3.13. The van der Waals surface area contributed by atoms with E-state index in [1.165, 1.54) is 6.07 Å². The summed E-state index contributed by atoms with van der Waals surface area (Å²) in [6.07, 6.45) is 0. The zero-order valence-corrected chi connectivity index (χ0v) is 10.7. The molecule has 1 aromatic rings. The van der Waals surface area contributed by atoms with Crippen molar-refractivity contribution in [2.45, 2.75) is 19.4 Å². The Morgan fingerprint density at radius 1 is 1.38 bits per heavy atom. The molecular weight excluding hydrogens is 277 g/mol. The van der Waals surface area contributed by atoms with E-state index in [-0.39, 0.29) is 5.82 Å². The minimum Gasteiger partial charge on any atom is -0.486 e. The summed E-state index contributed by atoms with van der Waals surface area (Å²) in [5, 5.41) is 0. The average Bonchev–Trinajstić information content (AvgIpc) is 2.15. The van der Waals surface area contributed by atoms with Gasteiger partial charge in [0.25, 0.3) is 0 Å². The maximum Gasteiger partial charge on any atom is 0.176 e. The van der Waals surface area contributed by atoms with Gasteiger partial charge in [0.05, 0.1) is 4.47 Å². The first kappa shape index (κ1) is 11.7. The SMILES string of the molecule is CC(C)(N)c1c(F)cc2c(c1Br)OCCO2. The molecule has 0 fully saturated rings. The second-order valence-electron chi connectivity index (χ2n) is 4.29. The molecule has 0 atom stereocenters. The van der Waals surface area contributed by atoms with Gasteiger partial charge < -0.3 is 15.2 Å². The van der Waals surface area contributed by atoms with Gasteiger partial charge in [-0.05, 0) is 29.8 Å². The molecule has 0 aliphatic carbocycles. The van der Waals surface area contributed by atoms with E-state index in [4.69, 9.17) is 15.2 Å². The summed E-state index contributed by atoms with van der Waals surface area (Å²) in [6, 6.07) is 1.32. The molecule has 1 heterocycles. The summed E-state index contributed by atoms with van der Waals surface area (Å²) < 4.78 is 25.2. The highest BCUT2D eigenvalue weighted by molar-refractivity contribution is 9.10. The van der Waals surface area contributed by atoms with Crippen LogP contribution in [0.3, 0.4) is 0 Å². The van der Waals surface area contributed by atoms with Crippen LogP contribution in [0.15, 0.2) is 10.5 Å². The number of hydrogen-bond acceptors (Lipinski definition) is 3. The summed E-state index contributed by atoms with van der Waals surface area (Å²) in [5.41, 5.74) is 5.55. The molecule has 3 nitrogen and oxygen atoms in total. The second-order valence-corrected chi connectivity index (χ2v) is 5.09. The molecule has 16 heavy (non-hydrogen) atoms. The van der Waals surface area contributed by atoms with Gasteiger partial charge >= 0.3 is 0 Å². The lowest BCUT2D eigenvalue weighted by Crippen LogP contribution is -2.31. The van der Waals surface area contributed by atoms with Gasteiger partial charge in [-0.25, -0.2) is 4.39 Å². The predicted molar refractivity (Wildman–Crippen MR) is 62.3 cm³/mol. The molecule has 88 valence electrons. The van der Waals surface area contributed by atoms with Crippen molar-refractivity contribution in [3.8, 4) is 11.5 Å². The van der Waals surface area contributed by atoms with E-state index in [9.17, 15) is 4.39 Å². The molecule has 0 radical (unpaired) electrons. The Balaban J connectivity index is 2.63. The fourth-order valence-electron chi connectivity index (χ4n) is 1.71. The molecule has 0 aromatic heterocycles. The van der Waals surface area contributed by atoms with Gasteiger partial charge in [0.1, 0.15) is 19.0 Å². The largest absolute Gasteiger partial charge is 0.486 e. The fourth-order valence-corrected chi connectivity index (χ4v) is 2.72. The number of rotatable bonds is 1. The number of fused-ring (bicyclic) bond motifs is 1. The first-order valence-electron chi connectivity index (χ1n) is 4.98. The molecule has 0 saturated heterocycles. The smallest absolute Gasteiger partial charge is 0.176 e. The molecule has 2 rings (SSSR count). The van der Waals surface area contributed by atoms with Gasteiger partial charge in [-0.1, -0.05) is 0 Å². The van der Waals surface area contributed by atoms with E-state index >= 15 is 0 Å². The molecule has 0 bridgehead atoms. The van der Waals surface area contributed by atoms with Crippen LogP contribution in [0.4, 0.5) is 4.39 Å². The Labute approximate surface area is 102 Å². The summed E-state index contributed by atoms with van der Waals surface area (Å²) in [4.78, 5) is 0. The number of ether oxygens (including phenoxy) is 2. The first-order chi connectivity index (χ1) is 7.41. The van der Waals surface area contributed by atoms with E-state index in [2.05, 4.69) is 15.9 Å². The molecule has 0 spiro atoms. The van der Waals surface area contributed by atoms with Crippen molar-refractivity contribution in [1.82, 2.24) is 0 Å². The van der Waals surface area contributed by atoms with E-state index in [0.717, 1.165) is 0 Å². The highest BCUT2D eigenvalue weighted by Gasteiger charge is 2.28. The Morgan fingerprint density at radius 3 is 2.62 bits per heavy atom. The van der Waals surface area contributed by atoms with Gasteiger partial charge in [-0.2, -0.15) is 0 Å². The van der Waals surface area contributed by atoms with Gasteiger partial charge in [0.15, 0.2) is 11.5 Å².